The molecule has 0 aliphatic heterocycles. The Bertz CT molecular complexity index is 898. The van der Waals surface area contributed by atoms with E-state index in [-0.39, 0.29) is 10.9 Å². The monoisotopic (exact) mass is 414 g/mol. The zero-order valence-corrected chi connectivity index (χ0v) is 15.2. The van der Waals surface area contributed by atoms with Gasteiger partial charge in [-0.1, -0.05) is 42.1 Å². The summed E-state index contributed by atoms with van der Waals surface area (Å²) in [6.45, 7) is 0. The van der Waals surface area contributed by atoms with Gasteiger partial charge in [0.15, 0.2) is 0 Å². The molecule has 0 bridgehead atoms. The molecular weight excluding hydrogens is 401 g/mol. The van der Waals surface area contributed by atoms with Crippen LogP contribution in [0, 0.1) is 0 Å². The van der Waals surface area contributed by atoms with Gasteiger partial charge in [0.1, 0.15) is 11.0 Å². The van der Waals surface area contributed by atoms with Crippen LogP contribution in [0.1, 0.15) is 22.4 Å². The molecule has 3 rings (SSSR count). The van der Waals surface area contributed by atoms with E-state index in [9.17, 15) is 18.0 Å². The summed E-state index contributed by atoms with van der Waals surface area (Å²) in [6.07, 6.45) is -3.08. The quantitative estimate of drug-likeness (QED) is 0.475. The maximum absolute atomic E-state index is 12.7. The topological polar surface area (TPSA) is 98.7 Å². The lowest BCUT2D eigenvalue weighted by atomic mass is 10.1. The Morgan fingerprint density at radius 1 is 1.30 bits per heavy atom. The van der Waals surface area contributed by atoms with Gasteiger partial charge in [0.25, 0.3) is 5.82 Å². The Hall–Kier alpha value is -2.60. The standard InChI is InChI=1S/C15H13F3N6OS2/c16-15(17,18)13-22-23-14(24(13)19)27-8-10(25)21-11(12-20-6-7-26-12)9-4-2-1-3-5-9/h1-7,11H,8,19H2,(H,21,25). The fourth-order valence-electron chi connectivity index (χ4n) is 2.21. The number of thioether (sulfide) groups is 1. The summed E-state index contributed by atoms with van der Waals surface area (Å²) in [6, 6.07) is 8.78. The highest BCUT2D eigenvalue weighted by Gasteiger charge is 2.38. The van der Waals surface area contributed by atoms with Crippen LogP contribution in [-0.2, 0) is 11.0 Å². The molecule has 142 valence electrons. The van der Waals surface area contributed by atoms with Crippen LogP contribution in [0.2, 0.25) is 0 Å². The molecule has 1 unspecified atom stereocenters. The summed E-state index contributed by atoms with van der Waals surface area (Å²) in [5.74, 6) is 3.45. The van der Waals surface area contributed by atoms with Gasteiger partial charge in [0, 0.05) is 11.6 Å². The van der Waals surface area contributed by atoms with Crippen molar-refractivity contribution in [1.82, 2.24) is 25.2 Å². The summed E-state index contributed by atoms with van der Waals surface area (Å²) >= 11 is 2.15. The number of nitrogens with one attached hydrogen (secondary N) is 1. The summed E-state index contributed by atoms with van der Waals surface area (Å²) in [7, 11) is 0. The molecule has 7 nitrogen and oxygen atoms in total. The van der Waals surface area contributed by atoms with Crippen LogP contribution in [0.3, 0.4) is 0 Å². The molecule has 0 spiro atoms. The Labute approximate surface area is 159 Å². The van der Waals surface area contributed by atoms with Gasteiger partial charge in [0.05, 0.1) is 5.75 Å². The minimum absolute atomic E-state index is 0.179. The van der Waals surface area contributed by atoms with Gasteiger partial charge in [0.2, 0.25) is 11.1 Å². The lowest BCUT2D eigenvalue weighted by molar-refractivity contribution is -0.146. The highest BCUT2D eigenvalue weighted by molar-refractivity contribution is 7.99. The molecule has 0 radical (unpaired) electrons. The number of nitrogens with zero attached hydrogens (tertiary/aromatic N) is 4. The van der Waals surface area contributed by atoms with Crippen LogP contribution in [-0.4, -0.2) is 31.5 Å². The van der Waals surface area contributed by atoms with Crippen molar-refractivity contribution in [1.29, 1.82) is 0 Å². The number of carbonyl (C=O) groups is 1. The van der Waals surface area contributed by atoms with Crippen molar-refractivity contribution in [2.75, 3.05) is 11.6 Å². The van der Waals surface area contributed by atoms with Crippen molar-refractivity contribution in [2.45, 2.75) is 17.4 Å². The number of aromatic nitrogens is 4. The number of nitrogen functional groups attached to an aromatic ring is 1. The fraction of sp³-hybridized carbons (Fsp3) is 0.200. The molecule has 1 aromatic carbocycles. The second-order valence-electron chi connectivity index (χ2n) is 5.24. The Morgan fingerprint density at radius 2 is 2.04 bits per heavy atom. The molecule has 12 heteroatoms. The first-order valence-electron chi connectivity index (χ1n) is 7.50. The van der Waals surface area contributed by atoms with Crippen LogP contribution in [0.5, 0.6) is 0 Å². The van der Waals surface area contributed by atoms with Crippen LogP contribution < -0.4 is 11.2 Å². The number of amides is 1. The van der Waals surface area contributed by atoms with Gasteiger partial charge in [-0.15, -0.1) is 21.5 Å². The SMILES string of the molecule is Nn1c(SCC(=O)NC(c2ccccc2)c2nccs2)nnc1C(F)(F)F. The molecule has 1 atom stereocenters. The van der Waals surface area contributed by atoms with Crippen molar-refractivity contribution >= 4 is 29.0 Å². The lowest BCUT2D eigenvalue weighted by Crippen LogP contribution is -2.31. The summed E-state index contributed by atoms with van der Waals surface area (Å²) in [5.41, 5.74) is 0.840. The molecule has 0 aliphatic carbocycles. The van der Waals surface area contributed by atoms with Crippen molar-refractivity contribution in [3.05, 3.63) is 58.3 Å². The highest BCUT2D eigenvalue weighted by Crippen LogP contribution is 2.29. The summed E-state index contributed by atoms with van der Waals surface area (Å²) in [4.78, 5) is 16.6. The molecular formula is C15H13F3N6OS2. The average molecular weight is 414 g/mol. The molecule has 2 heterocycles. The number of halogens is 3. The smallest absolute Gasteiger partial charge is 0.342 e. The molecule has 0 aliphatic rings. The Morgan fingerprint density at radius 3 is 2.63 bits per heavy atom. The van der Waals surface area contributed by atoms with E-state index in [0.29, 0.717) is 9.68 Å². The van der Waals surface area contributed by atoms with E-state index in [1.54, 1.807) is 11.6 Å². The minimum atomic E-state index is -4.72. The second kappa shape index (κ2) is 7.96. The van der Waals surface area contributed by atoms with Gasteiger partial charge in [-0.25, -0.2) is 9.66 Å². The summed E-state index contributed by atoms with van der Waals surface area (Å²) < 4.78 is 38.4. The molecule has 0 fully saturated rings. The number of thiazole rings is 1. The van der Waals surface area contributed by atoms with E-state index in [1.165, 1.54) is 11.3 Å². The van der Waals surface area contributed by atoms with E-state index in [2.05, 4.69) is 20.5 Å². The normalized spacial score (nSPS) is 12.7. The number of hydrogen-bond acceptors (Lipinski definition) is 7. The van der Waals surface area contributed by atoms with E-state index in [4.69, 9.17) is 5.84 Å². The Balaban J connectivity index is 1.68. The number of nitrogens with two attached hydrogens (primary N) is 1. The number of alkyl halides is 3. The largest absolute Gasteiger partial charge is 0.453 e. The fourth-order valence-corrected chi connectivity index (χ4v) is 3.59. The van der Waals surface area contributed by atoms with Crippen LogP contribution in [0.4, 0.5) is 13.2 Å². The van der Waals surface area contributed by atoms with E-state index < -0.39 is 23.9 Å². The first kappa shape index (κ1) is 19.2. The average Bonchev–Trinajstić information content (AvgIpc) is 3.28. The van der Waals surface area contributed by atoms with Crippen molar-refractivity contribution in [3.63, 3.8) is 0 Å². The van der Waals surface area contributed by atoms with E-state index in [0.717, 1.165) is 17.3 Å². The zero-order chi connectivity index (χ0) is 19.4. The van der Waals surface area contributed by atoms with Crippen LogP contribution >= 0.6 is 23.1 Å². The summed E-state index contributed by atoms with van der Waals surface area (Å²) in [5, 5.41) is 11.5. The third-order valence-electron chi connectivity index (χ3n) is 3.39. The molecule has 0 saturated heterocycles. The van der Waals surface area contributed by atoms with Gasteiger partial charge in [-0.3, -0.25) is 4.79 Å². The molecule has 0 saturated carbocycles. The number of rotatable bonds is 6. The second-order valence-corrected chi connectivity index (χ2v) is 7.11. The molecule has 3 aromatic rings. The lowest BCUT2D eigenvalue weighted by Gasteiger charge is -2.17. The third kappa shape index (κ3) is 4.57. The van der Waals surface area contributed by atoms with E-state index >= 15 is 0 Å². The van der Waals surface area contributed by atoms with Crippen molar-refractivity contribution < 1.29 is 18.0 Å². The van der Waals surface area contributed by atoms with Gasteiger partial charge >= 0.3 is 6.18 Å². The first-order valence-corrected chi connectivity index (χ1v) is 9.37. The highest BCUT2D eigenvalue weighted by atomic mass is 32.2. The number of hydrogen-bond donors (Lipinski definition) is 2. The van der Waals surface area contributed by atoms with Crippen LogP contribution in [0.25, 0.3) is 0 Å². The van der Waals surface area contributed by atoms with Crippen molar-refractivity contribution in [2.24, 2.45) is 0 Å². The van der Waals surface area contributed by atoms with Crippen LogP contribution in [0.15, 0.2) is 47.1 Å². The first-order chi connectivity index (χ1) is 12.9. The van der Waals surface area contributed by atoms with E-state index in [1.807, 2.05) is 30.3 Å². The molecule has 27 heavy (non-hydrogen) atoms. The molecule has 1 amide bonds. The number of benzene rings is 1. The third-order valence-corrected chi connectivity index (χ3v) is 5.17. The minimum Gasteiger partial charge on any atom is -0.342 e. The predicted molar refractivity (Wildman–Crippen MR) is 94.4 cm³/mol. The Kier molecular flexibility index (Phi) is 5.65. The zero-order valence-electron chi connectivity index (χ0n) is 13.6. The maximum atomic E-state index is 12.7. The number of carbonyl (C=O) groups excluding carboxylic acids is 1. The molecule has 2 aromatic heterocycles. The van der Waals surface area contributed by atoms with Crippen molar-refractivity contribution in [3.8, 4) is 0 Å². The van der Waals surface area contributed by atoms with Gasteiger partial charge < -0.3 is 11.2 Å². The maximum Gasteiger partial charge on any atom is 0.453 e. The van der Waals surface area contributed by atoms with Gasteiger partial charge in [-0.2, -0.15) is 13.2 Å². The van der Waals surface area contributed by atoms with Gasteiger partial charge in [-0.05, 0) is 5.56 Å². The predicted octanol–water partition coefficient (Wildman–Crippen LogP) is 2.47. The molecule has 3 N–H and O–H groups in total.